The Bertz CT molecular complexity index is 1480. The Morgan fingerprint density at radius 1 is 0.911 bits per heavy atom. The van der Waals surface area contributed by atoms with Gasteiger partial charge in [-0.05, 0) is 95.5 Å². The largest absolute Gasteiger partial charge is 0.508 e. The first-order valence-corrected chi connectivity index (χ1v) is 14.9. The number of methoxy groups -OCH3 is 1. The van der Waals surface area contributed by atoms with Gasteiger partial charge in [0.2, 0.25) is 5.91 Å². The number of carbonyl (C=O) groups excluding carboxylic acids is 3. The van der Waals surface area contributed by atoms with E-state index in [0.717, 1.165) is 0 Å². The Labute approximate surface area is 265 Å². The van der Waals surface area contributed by atoms with Crippen molar-refractivity contribution in [2.75, 3.05) is 12.4 Å². The molecule has 0 radical (unpaired) electrons. The van der Waals surface area contributed by atoms with Crippen molar-refractivity contribution >= 4 is 23.6 Å². The number of ether oxygens (including phenoxy) is 2. The van der Waals surface area contributed by atoms with Crippen molar-refractivity contribution in [2.45, 2.75) is 84.5 Å². The molecule has 3 rings (SSSR count). The van der Waals surface area contributed by atoms with E-state index in [0.29, 0.717) is 29.0 Å². The fraction of sp³-hybridized carbons (Fsp3) is 0.400. The molecule has 0 aliphatic carbocycles. The number of hydrogen-bond acceptors (Lipinski definition) is 7. The smallest absolute Gasteiger partial charge is 0.408 e. The van der Waals surface area contributed by atoms with Crippen molar-refractivity contribution in [3.05, 3.63) is 83.4 Å². The molecule has 0 bridgehead atoms. The van der Waals surface area contributed by atoms with E-state index in [9.17, 15) is 24.6 Å². The summed E-state index contributed by atoms with van der Waals surface area (Å²) in [6, 6.07) is 15.6. The molecule has 4 N–H and O–H groups in total. The van der Waals surface area contributed by atoms with E-state index in [2.05, 4.69) is 10.6 Å². The number of phenols is 2. The molecule has 10 heteroatoms. The summed E-state index contributed by atoms with van der Waals surface area (Å²) in [7, 11) is 1.54. The van der Waals surface area contributed by atoms with Crippen LogP contribution in [0.15, 0.2) is 66.7 Å². The van der Waals surface area contributed by atoms with Crippen LogP contribution >= 0.6 is 0 Å². The number of hydrogen-bond donors (Lipinski definition) is 4. The quantitative estimate of drug-likeness (QED) is 0.199. The van der Waals surface area contributed by atoms with Crippen molar-refractivity contribution < 1.29 is 34.1 Å². The Kier molecular flexibility index (Phi) is 11.1. The Balaban J connectivity index is 2.17. The van der Waals surface area contributed by atoms with Crippen LogP contribution in [0.1, 0.15) is 70.7 Å². The molecular formula is C35H45N3O7. The van der Waals surface area contributed by atoms with Gasteiger partial charge >= 0.3 is 6.09 Å². The summed E-state index contributed by atoms with van der Waals surface area (Å²) < 4.78 is 10.7. The summed E-state index contributed by atoms with van der Waals surface area (Å²) >= 11 is 0. The summed E-state index contributed by atoms with van der Waals surface area (Å²) in [6.07, 6.45) is -0.316. The number of rotatable bonds is 11. The predicted octanol–water partition coefficient (Wildman–Crippen LogP) is 6.25. The van der Waals surface area contributed by atoms with Crippen molar-refractivity contribution in [3.8, 4) is 17.2 Å². The van der Waals surface area contributed by atoms with E-state index in [1.807, 2.05) is 20.8 Å². The van der Waals surface area contributed by atoms with E-state index in [-0.39, 0.29) is 23.5 Å². The highest BCUT2D eigenvalue weighted by molar-refractivity contribution is 5.99. The SMILES string of the molecule is CCC(C)(C)N(C(=O)C(Cc1ccc(O)cc1)NC(=O)OC(C)(C)C)C(C(=O)Nc1ccc(OC)cc1)c1cccc(C)c1O. The maximum absolute atomic E-state index is 14.8. The second kappa shape index (κ2) is 14.4. The highest BCUT2D eigenvalue weighted by atomic mass is 16.6. The van der Waals surface area contributed by atoms with Crippen LogP contribution in [0, 0.1) is 6.92 Å². The summed E-state index contributed by atoms with van der Waals surface area (Å²) in [4.78, 5) is 43.6. The summed E-state index contributed by atoms with van der Waals surface area (Å²) in [6.45, 7) is 12.4. The van der Waals surface area contributed by atoms with Crippen LogP contribution in [0.3, 0.4) is 0 Å². The third-order valence-electron chi connectivity index (χ3n) is 7.55. The van der Waals surface area contributed by atoms with Gasteiger partial charge in [-0.3, -0.25) is 9.59 Å². The van der Waals surface area contributed by atoms with Gasteiger partial charge in [0.1, 0.15) is 34.9 Å². The fourth-order valence-corrected chi connectivity index (χ4v) is 4.82. The van der Waals surface area contributed by atoms with Gasteiger partial charge < -0.3 is 35.2 Å². The minimum Gasteiger partial charge on any atom is -0.508 e. The number of amides is 3. The van der Waals surface area contributed by atoms with Crippen LogP contribution in [0.5, 0.6) is 17.2 Å². The predicted molar refractivity (Wildman–Crippen MR) is 173 cm³/mol. The zero-order chi connectivity index (χ0) is 33.5. The topological polar surface area (TPSA) is 137 Å². The lowest BCUT2D eigenvalue weighted by molar-refractivity contribution is -0.147. The van der Waals surface area contributed by atoms with E-state index >= 15 is 0 Å². The van der Waals surface area contributed by atoms with Crippen molar-refractivity contribution in [2.24, 2.45) is 0 Å². The van der Waals surface area contributed by atoms with E-state index in [4.69, 9.17) is 9.47 Å². The third kappa shape index (κ3) is 9.14. The fourth-order valence-electron chi connectivity index (χ4n) is 4.82. The van der Waals surface area contributed by atoms with E-state index < -0.39 is 41.1 Å². The van der Waals surface area contributed by atoms with Crippen molar-refractivity contribution in [1.29, 1.82) is 0 Å². The van der Waals surface area contributed by atoms with Crippen LogP contribution in [0.25, 0.3) is 0 Å². The van der Waals surface area contributed by atoms with Crippen LogP contribution in [-0.4, -0.2) is 57.3 Å². The van der Waals surface area contributed by atoms with Crippen LogP contribution in [0.4, 0.5) is 10.5 Å². The maximum atomic E-state index is 14.8. The molecule has 3 aromatic rings. The average Bonchev–Trinajstić information content (AvgIpc) is 2.97. The lowest BCUT2D eigenvalue weighted by Gasteiger charge is -2.44. The monoisotopic (exact) mass is 619 g/mol. The zero-order valence-electron chi connectivity index (χ0n) is 27.3. The van der Waals surface area contributed by atoms with Gasteiger partial charge in [-0.2, -0.15) is 0 Å². The van der Waals surface area contributed by atoms with Gasteiger partial charge in [-0.25, -0.2) is 4.79 Å². The number of nitrogens with one attached hydrogen (secondary N) is 2. The number of aryl methyl sites for hydroxylation is 1. The molecule has 10 nitrogen and oxygen atoms in total. The molecule has 0 aliphatic rings. The Morgan fingerprint density at radius 3 is 2.09 bits per heavy atom. The molecule has 3 aromatic carbocycles. The minimum absolute atomic E-state index is 0.0429. The average molecular weight is 620 g/mol. The molecular weight excluding hydrogens is 574 g/mol. The number of benzene rings is 3. The third-order valence-corrected chi connectivity index (χ3v) is 7.55. The Morgan fingerprint density at radius 2 is 1.53 bits per heavy atom. The molecule has 0 saturated carbocycles. The van der Waals surface area contributed by atoms with E-state index in [1.165, 1.54) is 17.0 Å². The van der Waals surface area contributed by atoms with Crippen molar-refractivity contribution in [3.63, 3.8) is 0 Å². The molecule has 2 atom stereocenters. The molecule has 0 spiro atoms. The van der Waals surface area contributed by atoms with Gasteiger partial charge in [-0.1, -0.05) is 37.3 Å². The Hall–Kier alpha value is -4.73. The summed E-state index contributed by atoms with van der Waals surface area (Å²) in [5.74, 6) is -0.573. The second-order valence-electron chi connectivity index (χ2n) is 12.6. The molecule has 3 amide bonds. The molecule has 0 aromatic heterocycles. The first kappa shape index (κ1) is 34.8. The molecule has 0 saturated heterocycles. The van der Waals surface area contributed by atoms with Crippen LogP contribution in [0.2, 0.25) is 0 Å². The number of aromatic hydroxyl groups is 2. The molecule has 0 aliphatic heterocycles. The second-order valence-corrected chi connectivity index (χ2v) is 12.6. The number of nitrogens with zero attached hydrogens (tertiary/aromatic N) is 1. The number of alkyl carbamates (subject to hydrolysis) is 1. The first-order chi connectivity index (χ1) is 21.1. The van der Waals surface area contributed by atoms with Gasteiger partial charge in [0, 0.05) is 23.2 Å². The van der Waals surface area contributed by atoms with Crippen molar-refractivity contribution in [1.82, 2.24) is 10.2 Å². The lowest BCUT2D eigenvalue weighted by Crippen LogP contribution is -2.59. The molecule has 242 valence electrons. The van der Waals surface area contributed by atoms with Crippen LogP contribution < -0.4 is 15.4 Å². The standard InChI is InChI=1S/C35H45N3O7/c1-9-35(6,7)38(32(42)28(37-33(43)45-34(3,4)5)21-23-13-17-25(39)18-14-23)29(27-12-10-11-22(2)30(27)40)31(41)36-24-15-19-26(44-8)20-16-24/h10-20,28-29,39-40H,9,21H2,1-8H3,(H,36,41)(H,37,43). The maximum Gasteiger partial charge on any atom is 0.408 e. The number of phenolic OH excluding ortho intramolecular Hbond substituents is 2. The normalized spacial score (nSPS) is 12.9. The zero-order valence-corrected chi connectivity index (χ0v) is 27.3. The minimum atomic E-state index is -1.29. The number of carbonyl (C=O) groups is 3. The summed E-state index contributed by atoms with van der Waals surface area (Å²) in [5, 5.41) is 26.7. The highest BCUT2D eigenvalue weighted by Crippen LogP contribution is 2.38. The lowest BCUT2D eigenvalue weighted by atomic mass is 9.90. The highest BCUT2D eigenvalue weighted by Gasteiger charge is 2.44. The molecule has 45 heavy (non-hydrogen) atoms. The van der Waals surface area contributed by atoms with Gasteiger partial charge in [0.15, 0.2) is 0 Å². The number of para-hydroxylation sites is 1. The van der Waals surface area contributed by atoms with Crippen LogP contribution in [-0.2, 0) is 20.7 Å². The van der Waals surface area contributed by atoms with Gasteiger partial charge in [0.25, 0.3) is 5.91 Å². The molecule has 0 heterocycles. The van der Waals surface area contributed by atoms with E-state index in [1.54, 1.807) is 89.4 Å². The molecule has 2 unspecified atom stereocenters. The van der Waals surface area contributed by atoms with Gasteiger partial charge in [0.05, 0.1) is 7.11 Å². The summed E-state index contributed by atoms with van der Waals surface area (Å²) in [5.41, 5.74) is 0.131. The molecule has 0 fully saturated rings. The van der Waals surface area contributed by atoms with Gasteiger partial charge in [-0.15, -0.1) is 0 Å². The first-order valence-electron chi connectivity index (χ1n) is 14.9. The number of anilines is 1.